The van der Waals surface area contributed by atoms with Gasteiger partial charge in [-0.3, -0.25) is 4.79 Å². The van der Waals surface area contributed by atoms with Crippen LogP contribution < -0.4 is 9.80 Å². The molecule has 1 aliphatic rings. The van der Waals surface area contributed by atoms with Crippen LogP contribution in [0.2, 0.25) is 0 Å². The monoisotopic (exact) mass is 326 g/mol. The minimum atomic E-state index is -1.10. The van der Waals surface area contributed by atoms with Gasteiger partial charge in [0.1, 0.15) is 5.82 Å². The van der Waals surface area contributed by atoms with Crippen molar-refractivity contribution < 1.29 is 14.7 Å². The molecule has 1 N–H and O–H groups in total. The number of anilines is 2. The van der Waals surface area contributed by atoms with E-state index in [1.54, 1.807) is 11.9 Å². The molecule has 0 aliphatic carbocycles. The first-order valence-electron chi connectivity index (χ1n) is 7.69. The van der Waals surface area contributed by atoms with Crippen LogP contribution in [0.5, 0.6) is 0 Å². The highest BCUT2D eigenvalue weighted by atomic mass is 16.4. The lowest BCUT2D eigenvalue weighted by molar-refractivity contribution is -0.121. The number of nitrogens with zero attached hydrogens (tertiary/aromatic N) is 4. The molecule has 1 amide bonds. The van der Waals surface area contributed by atoms with Crippen molar-refractivity contribution in [3.05, 3.63) is 48.4 Å². The Hall–Kier alpha value is -2.96. The van der Waals surface area contributed by atoms with Gasteiger partial charge in [-0.1, -0.05) is 18.2 Å². The molecule has 3 rings (SSSR count). The molecule has 1 saturated heterocycles. The van der Waals surface area contributed by atoms with Gasteiger partial charge in [-0.15, -0.1) is 0 Å². The zero-order valence-corrected chi connectivity index (χ0v) is 13.3. The smallest absolute Gasteiger partial charge is 0.356 e. The minimum absolute atomic E-state index is 0.0683. The Bertz CT molecular complexity index is 733. The second kappa shape index (κ2) is 6.66. The Balaban J connectivity index is 1.66. The highest BCUT2D eigenvalue weighted by Crippen LogP contribution is 2.24. The summed E-state index contributed by atoms with van der Waals surface area (Å²) in [5.41, 5.74) is 0.779. The number of carbonyl (C=O) groups excluding carboxylic acids is 1. The van der Waals surface area contributed by atoms with Crippen molar-refractivity contribution in [2.24, 2.45) is 5.92 Å². The van der Waals surface area contributed by atoms with Crippen molar-refractivity contribution in [1.29, 1.82) is 0 Å². The lowest BCUT2D eigenvalue weighted by Gasteiger charge is -2.22. The maximum Gasteiger partial charge on any atom is 0.356 e. The number of amides is 1. The fourth-order valence-corrected chi connectivity index (χ4v) is 2.82. The van der Waals surface area contributed by atoms with Crippen molar-refractivity contribution in [1.82, 2.24) is 9.97 Å². The molecule has 1 aromatic carbocycles. The summed E-state index contributed by atoms with van der Waals surface area (Å²) in [4.78, 5) is 35.1. The normalized spacial score (nSPS) is 16.9. The summed E-state index contributed by atoms with van der Waals surface area (Å²) in [6.07, 6.45) is 3.42. The van der Waals surface area contributed by atoms with Gasteiger partial charge < -0.3 is 14.9 Å². The Kier molecular flexibility index (Phi) is 4.41. The number of hydrogen-bond acceptors (Lipinski definition) is 5. The summed E-state index contributed by atoms with van der Waals surface area (Å²) >= 11 is 0. The Morgan fingerprint density at radius 2 is 1.96 bits per heavy atom. The third-order valence-electron chi connectivity index (χ3n) is 4.19. The average molecular weight is 326 g/mol. The third-order valence-corrected chi connectivity index (χ3v) is 4.19. The molecule has 2 heterocycles. The van der Waals surface area contributed by atoms with Gasteiger partial charge >= 0.3 is 5.97 Å². The molecular weight excluding hydrogens is 308 g/mol. The van der Waals surface area contributed by atoms with E-state index >= 15 is 0 Å². The van der Waals surface area contributed by atoms with Crippen LogP contribution >= 0.6 is 0 Å². The van der Waals surface area contributed by atoms with Crippen molar-refractivity contribution in [3.8, 4) is 0 Å². The second-order valence-corrected chi connectivity index (χ2v) is 5.73. The van der Waals surface area contributed by atoms with Gasteiger partial charge in [0.15, 0.2) is 5.69 Å². The molecule has 1 aliphatic heterocycles. The number of carboxylic acids is 1. The van der Waals surface area contributed by atoms with Gasteiger partial charge in [-0.2, -0.15) is 0 Å². The first kappa shape index (κ1) is 15.9. The highest BCUT2D eigenvalue weighted by Gasteiger charge is 2.31. The summed E-state index contributed by atoms with van der Waals surface area (Å²) in [5, 5.41) is 8.86. The van der Waals surface area contributed by atoms with Gasteiger partial charge in [-0.05, 0) is 18.6 Å². The number of benzene rings is 1. The Morgan fingerprint density at radius 3 is 2.58 bits per heavy atom. The van der Waals surface area contributed by atoms with Crippen LogP contribution in [0, 0.1) is 5.92 Å². The van der Waals surface area contributed by atoms with Crippen molar-refractivity contribution >= 4 is 23.4 Å². The quantitative estimate of drug-likeness (QED) is 0.919. The largest absolute Gasteiger partial charge is 0.476 e. The lowest BCUT2D eigenvalue weighted by atomic mass is 10.1. The number of para-hydroxylation sites is 1. The molecule has 1 fully saturated rings. The summed E-state index contributed by atoms with van der Waals surface area (Å²) < 4.78 is 0. The van der Waals surface area contributed by atoms with Crippen LogP contribution in [-0.2, 0) is 4.79 Å². The van der Waals surface area contributed by atoms with Gasteiger partial charge in [0.25, 0.3) is 0 Å². The molecule has 1 unspecified atom stereocenters. The van der Waals surface area contributed by atoms with Crippen LogP contribution in [0.15, 0.2) is 42.7 Å². The molecule has 0 radical (unpaired) electrons. The van der Waals surface area contributed by atoms with E-state index in [4.69, 9.17) is 5.11 Å². The van der Waals surface area contributed by atoms with Gasteiger partial charge in [0.05, 0.1) is 18.3 Å². The minimum Gasteiger partial charge on any atom is -0.476 e. The maximum atomic E-state index is 12.7. The highest BCUT2D eigenvalue weighted by molar-refractivity contribution is 5.95. The SMILES string of the molecule is CN(C(=O)C1CCN(c2cnc(C(=O)O)cn2)C1)c1ccccc1. The molecule has 1 atom stereocenters. The number of carbonyl (C=O) groups is 2. The van der Waals surface area contributed by atoms with E-state index in [-0.39, 0.29) is 17.5 Å². The molecule has 24 heavy (non-hydrogen) atoms. The van der Waals surface area contributed by atoms with Crippen molar-refractivity contribution in [3.63, 3.8) is 0 Å². The fourth-order valence-electron chi connectivity index (χ4n) is 2.82. The van der Waals surface area contributed by atoms with E-state index in [0.29, 0.717) is 18.9 Å². The van der Waals surface area contributed by atoms with E-state index < -0.39 is 5.97 Å². The van der Waals surface area contributed by atoms with Crippen LogP contribution in [-0.4, -0.2) is 47.1 Å². The van der Waals surface area contributed by atoms with Gasteiger partial charge in [0.2, 0.25) is 5.91 Å². The molecular formula is C17H18N4O3. The topological polar surface area (TPSA) is 86.6 Å². The van der Waals surface area contributed by atoms with E-state index in [9.17, 15) is 9.59 Å². The van der Waals surface area contributed by atoms with Crippen LogP contribution in [0.4, 0.5) is 11.5 Å². The predicted octanol–water partition coefficient (Wildman–Crippen LogP) is 1.66. The van der Waals surface area contributed by atoms with E-state index in [2.05, 4.69) is 9.97 Å². The van der Waals surface area contributed by atoms with Crippen LogP contribution in [0.3, 0.4) is 0 Å². The predicted molar refractivity (Wildman–Crippen MR) is 89.2 cm³/mol. The van der Waals surface area contributed by atoms with E-state index in [1.807, 2.05) is 35.2 Å². The molecule has 0 spiro atoms. The average Bonchev–Trinajstić information content (AvgIpc) is 3.11. The maximum absolute atomic E-state index is 12.7. The molecule has 7 nitrogen and oxygen atoms in total. The van der Waals surface area contributed by atoms with Crippen molar-refractivity contribution in [2.45, 2.75) is 6.42 Å². The number of hydrogen-bond donors (Lipinski definition) is 1. The van der Waals surface area contributed by atoms with Crippen molar-refractivity contribution in [2.75, 3.05) is 29.9 Å². The number of aromatic nitrogens is 2. The summed E-state index contributed by atoms with van der Waals surface area (Å²) in [5.74, 6) is -0.555. The van der Waals surface area contributed by atoms with E-state index in [0.717, 1.165) is 12.1 Å². The first-order chi connectivity index (χ1) is 11.6. The molecule has 0 bridgehead atoms. The number of aromatic carboxylic acids is 1. The first-order valence-corrected chi connectivity index (χ1v) is 7.69. The number of rotatable bonds is 4. The van der Waals surface area contributed by atoms with Crippen LogP contribution in [0.25, 0.3) is 0 Å². The summed E-state index contributed by atoms with van der Waals surface area (Å²) in [6, 6.07) is 9.53. The third kappa shape index (κ3) is 3.19. The molecule has 2 aromatic rings. The van der Waals surface area contributed by atoms with E-state index in [1.165, 1.54) is 12.4 Å². The fraction of sp³-hybridized carbons (Fsp3) is 0.294. The van der Waals surface area contributed by atoms with Gasteiger partial charge in [-0.25, -0.2) is 14.8 Å². The zero-order chi connectivity index (χ0) is 17.1. The molecule has 0 saturated carbocycles. The Labute approximate surface area is 139 Å². The standard InChI is InChI=1S/C17H18N4O3/c1-20(13-5-3-2-4-6-13)16(22)12-7-8-21(11-12)15-10-18-14(9-19-15)17(23)24/h2-6,9-10,12H,7-8,11H2,1H3,(H,23,24). The lowest BCUT2D eigenvalue weighted by Crippen LogP contribution is -2.34. The molecule has 7 heteroatoms. The Morgan fingerprint density at radius 1 is 1.21 bits per heavy atom. The summed E-state index contributed by atoms with van der Waals surface area (Å²) in [6.45, 7) is 1.25. The zero-order valence-electron chi connectivity index (χ0n) is 13.3. The van der Waals surface area contributed by atoms with Crippen LogP contribution in [0.1, 0.15) is 16.9 Å². The molecule has 1 aromatic heterocycles. The van der Waals surface area contributed by atoms with Gasteiger partial charge in [0, 0.05) is 25.8 Å². The number of carboxylic acid groups (broad SMARTS) is 1. The second-order valence-electron chi connectivity index (χ2n) is 5.73. The molecule has 124 valence electrons. The summed E-state index contributed by atoms with van der Waals surface area (Å²) in [7, 11) is 1.78.